The minimum Gasteiger partial charge on any atom is -0.466 e. The molecule has 11 heavy (non-hydrogen) atoms. The van der Waals surface area contributed by atoms with Crippen molar-refractivity contribution in [1.29, 1.82) is 0 Å². The number of esters is 1. The molecular formula is C9H10O2. The molecular weight excluding hydrogens is 140 g/mol. The Morgan fingerprint density at radius 2 is 2.09 bits per heavy atom. The van der Waals surface area contributed by atoms with Gasteiger partial charge in [0.1, 0.15) is 0 Å². The highest BCUT2D eigenvalue weighted by Crippen LogP contribution is 2.09. The van der Waals surface area contributed by atoms with Gasteiger partial charge in [-0.3, -0.25) is 0 Å². The minimum absolute atomic E-state index is 0.258. The first-order valence-corrected chi connectivity index (χ1v) is 3.44. The highest BCUT2D eigenvalue weighted by molar-refractivity contribution is 5.81. The Morgan fingerprint density at radius 1 is 1.45 bits per heavy atom. The van der Waals surface area contributed by atoms with E-state index in [0.29, 0.717) is 0 Å². The van der Waals surface area contributed by atoms with Gasteiger partial charge in [-0.25, -0.2) is 4.79 Å². The summed E-state index contributed by atoms with van der Waals surface area (Å²) in [7, 11) is 1.37. The monoisotopic (exact) mass is 150 g/mol. The van der Waals surface area contributed by atoms with Crippen molar-refractivity contribution in [2.24, 2.45) is 5.92 Å². The number of carbonyl (C=O) groups is 1. The summed E-state index contributed by atoms with van der Waals surface area (Å²) in [5, 5.41) is 0. The SMILES string of the molecule is COC(=O)/C=C/C1C=CC=C1. The standard InChI is InChI=1S/C9H10O2/c1-11-9(10)7-6-8-4-2-3-5-8/h2-8H,1H3/b7-6+. The van der Waals surface area contributed by atoms with E-state index in [1.165, 1.54) is 13.2 Å². The van der Waals surface area contributed by atoms with E-state index in [4.69, 9.17) is 0 Å². The number of rotatable bonds is 2. The van der Waals surface area contributed by atoms with Gasteiger partial charge in [-0.15, -0.1) is 0 Å². The number of hydrogen-bond donors (Lipinski definition) is 0. The molecule has 0 aliphatic heterocycles. The van der Waals surface area contributed by atoms with Crippen LogP contribution in [0.1, 0.15) is 0 Å². The summed E-state index contributed by atoms with van der Waals surface area (Å²) in [6.45, 7) is 0. The fourth-order valence-corrected chi connectivity index (χ4v) is 0.835. The lowest BCUT2D eigenvalue weighted by Crippen LogP contribution is -1.95. The van der Waals surface area contributed by atoms with Gasteiger partial charge in [0.05, 0.1) is 7.11 Å². The largest absolute Gasteiger partial charge is 0.466 e. The predicted molar refractivity (Wildman–Crippen MR) is 42.9 cm³/mol. The summed E-state index contributed by atoms with van der Waals surface area (Å²) in [6.07, 6.45) is 11.1. The Morgan fingerprint density at radius 3 is 2.64 bits per heavy atom. The second kappa shape index (κ2) is 3.76. The Hall–Kier alpha value is -1.31. The smallest absolute Gasteiger partial charge is 0.330 e. The van der Waals surface area contributed by atoms with Crippen LogP contribution in [0.4, 0.5) is 0 Å². The van der Waals surface area contributed by atoms with Gasteiger partial charge >= 0.3 is 5.97 Å². The molecule has 0 bridgehead atoms. The van der Waals surface area contributed by atoms with E-state index in [9.17, 15) is 4.79 Å². The zero-order valence-corrected chi connectivity index (χ0v) is 6.36. The van der Waals surface area contributed by atoms with E-state index < -0.39 is 0 Å². The van der Waals surface area contributed by atoms with Gasteiger partial charge < -0.3 is 4.74 Å². The highest BCUT2D eigenvalue weighted by atomic mass is 16.5. The van der Waals surface area contributed by atoms with E-state index in [-0.39, 0.29) is 11.9 Å². The van der Waals surface area contributed by atoms with Crippen molar-refractivity contribution in [2.75, 3.05) is 7.11 Å². The Kier molecular flexibility index (Phi) is 2.66. The van der Waals surface area contributed by atoms with Gasteiger partial charge in [0, 0.05) is 12.0 Å². The molecule has 0 aromatic carbocycles. The van der Waals surface area contributed by atoms with Gasteiger partial charge in [0.2, 0.25) is 0 Å². The van der Waals surface area contributed by atoms with Crippen LogP contribution >= 0.6 is 0 Å². The second-order valence-electron chi connectivity index (χ2n) is 2.23. The van der Waals surface area contributed by atoms with Crippen molar-refractivity contribution in [3.05, 3.63) is 36.5 Å². The maximum absolute atomic E-state index is 10.6. The molecule has 2 heteroatoms. The lowest BCUT2D eigenvalue weighted by Gasteiger charge is -1.93. The topological polar surface area (TPSA) is 26.3 Å². The first kappa shape index (κ1) is 7.79. The number of methoxy groups -OCH3 is 1. The zero-order valence-electron chi connectivity index (χ0n) is 6.36. The third-order valence-electron chi connectivity index (χ3n) is 1.43. The van der Waals surface area contributed by atoms with Gasteiger partial charge in [0.15, 0.2) is 0 Å². The second-order valence-corrected chi connectivity index (χ2v) is 2.23. The van der Waals surface area contributed by atoms with Crippen LogP contribution in [0.3, 0.4) is 0 Å². The molecule has 0 spiro atoms. The van der Waals surface area contributed by atoms with Crippen LogP contribution in [0.5, 0.6) is 0 Å². The van der Waals surface area contributed by atoms with Gasteiger partial charge in [-0.1, -0.05) is 30.4 Å². The summed E-state index contributed by atoms with van der Waals surface area (Å²) in [6, 6.07) is 0. The summed E-state index contributed by atoms with van der Waals surface area (Å²) in [4.78, 5) is 10.6. The van der Waals surface area contributed by atoms with Crippen LogP contribution < -0.4 is 0 Å². The maximum atomic E-state index is 10.6. The first-order valence-electron chi connectivity index (χ1n) is 3.44. The Labute approximate surface area is 65.9 Å². The highest BCUT2D eigenvalue weighted by Gasteiger charge is 1.98. The van der Waals surface area contributed by atoms with Gasteiger partial charge in [-0.2, -0.15) is 0 Å². The van der Waals surface area contributed by atoms with Crippen molar-refractivity contribution in [3.63, 3.8) is 0 Å². The van der Waals surface area contributed by atoms with Crippen molar-refractivity contribution < 1.29 is 9.53 Å². The summed E-state index contributed by atoms with van der Waals surface area (Å²) in [5.41, 5.74) is 0. The fraction of sp³-hybridized carbons (Fsp3) is 0.222. The van der Waals surface area contributed by atoms with E-state index in [1.54, 1.807) is 6.08 Å². The molecule has 0 aromatic rings. The third kappa shape index (κ3) is 2.42. The van der Waals surface area contributed by atoms with Crippen LogP contribution in [-0.2, 0) is 9.53 Å². The molecule has 2 nitrogen and oxygen atoms in total. The molecule has 58 valence electrons. The molecule has 0 unspecified atom stereocenters. The van der Waals surface area contributed by atoms with Crippen molar-refractivity contribution in [1.82, 2.24) is 0 Å². The Bertz CT molecular complexity index is 212. The normalized spacial score (nSPS) is 16.5. The molecule has 0 amide bonds. The minimum atomic E-state index is -0.307. The number of allylic oxidation sites excluding steroid dienone is 5. The molecule has 0 radical (unpaired) electrons. The van der Waals surface area contributed by atoms with E-state index >= 15 is 0 Å². The number of hydrogen-bond acceptors (Lipinski definition) is 2. The van der Waals surface area contributed by atoms with Crippen LogP contribution in [0.15, 0.2) is 36.5 Å². The number of ether oxygens (including phenoxy) is 1. The zero-order chi connectivity index (χ0) is 8.10. The summed E-state index contributed by atoms with van der Waals surface area (Å²) < 4.78 is 4.44. The lowest BCUT2D eigenvalue weighted by molar-refractivity contribution is -0.134. The molecule has 0 saturated carbocycles. The molecule has 0 saturated heterocycles. The van der Waals surface area contributed by atoms with Crippen LogP contribution in [0, 0.1) is 5.92 Å². The summed E-state index contributed by atoms with van der Waals surface area (Å²) in [5.74, 6) is -0.0483. The maximum Gasteiger partial charge on any atom is 0.330 e. The van der Waals surface area contributed by atoms with Crippen molar-refractivity contribution >= 4 is 5.97 Å². The van der Waals surface area contributed by atoms with E-state index in [0.717, 1.165) is 0 Å². The van der Waals surface area contributed by atoms with Crippen molar-refractivity contribution in [2.45, 2.75) is 0 Å². The first-order chi connectivity index (χ1) is 5.33. The molecule has 1 aliphatic carbocycles. The predicted octanol–water partition coefficient (Wildman–Crippen LogP) is 1.46. The van der Waals surface area contributed by atoms with E-state index in [2.05, 4.69) is 4.74 Å². The van der Waals surface area contributed by atoms with Gasteiger partial charge in [-0.05, 0) is 0 Å². The lowest BCUT2D eigenvalue weighted by atomic mass is 10.1. The molecule has 0 aromatic heterocycles. The average molecular weight is 150 g/mol. The van der Waals surface area contributed by atoms with Crippen LogP contribution in [0.2, 0.25) is 0 Å². The third-order valence-corrected chi connectivity index (χ3v) is 1.43. The molecule has 1 rings (SSSR count). The quantitative estimate of drug-likeness (QED) is 0.440. The van der Waals surface area contributed by atoms with Crippen LogP contribution in [-0.4, -0.2) is 13.1 Å². The molecule has 1 aliphatic rings. The molecule has 0 N–H and O–H groups in total. The molecule has 0 atom stereocenters. The fourth-order valence-electron chi connectivity index (χ4n) is 0.835. The Balaban J connectivity index is 2.41. The van der Waals surface area contributed by atoms with Gasteiger partial charge in [0.25, 0.3) is 0 Å². The summed E-state index contributed by atoms with van der Waals surface area (Å²) >= 11 is 0. The van der Waals surface area contributed by atoms with Crippen molar-refractivity contribution in [3.8, 4) is 0 Å². The molecule has 0 fully saturated rings. The molecule has 0 heterocycles. The van der Waals surface area contributed by atoms with Crippen LogP contribution in [0.25, 0.3) is 0 Å². The number of carbonyl (C=O) groups excluding carboxylic acids is 1. The van der Waals surface area contributed by atoms with E-state index in [1.807, 2.05) is 24.3 Å². The average Bonchev–Trinajstić information content (AvgIpc) is 2.52.